The molecule has 0 saturated carbocycles. The first-order valence-electron chi connectivity index (χ1n) is 6.61. The Hall–Kier alpha value is -2.96. The topological polar surface area (TPSA) is 94.4 Å². The molecule has 0 unspecified atom stereocenters. The normalized spacial score (nSPS) is 10.0. The maximum Gasteiger partial charge on any atom is 0.287 e. The van der Waals surface area contributed by atoms with Crippen LogP contribution < -0.4 is 10.1 Å². The molecule has 1 aromatic carbocycles. The Morgan fingerprint density at radius 2 is 2.00 bits per heavy atom. The molecule has 2 aromatic rings. The second-order valence-electron chi connectivity index (χ2n) is 4.55. The third-order valence-electron chi connectivity index (χ3n) is 3.03. The molecule has 0 saturated heterocycles. The molecule has 7 nitrogen and oxygen atoms in total. The number of hydrogen-bond donors (Lipinski definition) is 1. The summed E-state index contributed by atoms with van der Waals surface area (Å²) in [6.07, 6.45) is 1.99. The summed E-state index contributed by atoms with van der Waals surface area (Å²) in [6, 6.07) is 10.2. The average molecular weight is 301 g/mol. The fourth-order valence-corrected chi connectivity index (χ4v) is 1.82. The van der Waals surface area contributed by atoms with Crippen LogP contribution in [0.25, 0.3) is 0 Å². The van der Waals surface area contributed by atoms with Gasteiger partial charge >= 0.3 is 0 Å². The van der Waals surface area contributed by atoms with Gasteiger partial charge in [-0.2, -0.15) is 0 Å². The van der Waals surface area contributed by atoms with Crippen molar-refractivity contribution in [2.45, 2.75) is 12.8 Å². The fraction of sp³-hybridized carbons (Fsp3) is 0.200. The van der Waals surface area contributed by atoms with Crippen molar-refractivity contribution in [3.8, 4) is 5.75 Å². The minimum Gasteiger partial charge on any atom is -0.497 e. The second kappa shape index (κ2) is 7.16. The third-order valence-corrected chi connectivity index (χ3v) is 3.03. The molecule has 1 N–H and O–H groups in total. The van der Waals surface area contributed by atoms with Crippen LogP contribution in [0.3, 0.4) is 0 Å². The maximum absolute atomic E-state index is 11.8. The average Bonchev–Trinajstić information content (AvgIpc) is 2.54. The molecule has 1 aromatic heterocycles. The number of anilines is 1. The number of carbonyl (C=O) groups is 1. The molecule has 0 aliphatic rings. The maximum atomic E-state index is 11.8. The number of nitro groups is 1. The lowest BCUT2D eigenvalue weighted by Gasteiger charge is -2.05. The van der Waals surface area contributed by atoms with E-state index < -0.39 is 4.92 Å². The van der Waals surface area contributed by atoms with Gasteiger partial charge in [-0.1, -0.05) is 12.1 Å². The van der Waals surface area contributed by atoms with Gasteiger partial charge in [-0.25, -0.2) is 4.98 Å². The molecule has 114 valence electrons. The highest BCUT2D eigenvalue weighted by Gasteiger charge is 2.08. The van der Waals surface area contributed by atoms with Crippen molar-refractivity contribution >= 4 is 17.4 Å². The highest BCUT2D eigenvalue weighted by molar-refractivity contribution is 5.89. The van der Waals surface area contributed by atoms with Crippen LogP contribution in [0.4, 0.5) is 11.5 Å². The van der Waals surface area contributed by atoms with Crippen molar-refractivity contribution < 1.29 is 14.5 Å². The Balaban J connectivity index is 1.85. The van der Waals surface area contributed by atoms with Crippen molar-refractivity contribution in [3.63, 3.8) is 0 Å². The van der Waals surface area contributed by atoms with E-state index in [2.05, 4.69) is 10.3 Å². The lowest BCUT2D eigenvalue weighted by atomic mass is 10.1. The van der Waals surface area contributed by atoms with E-state index in [1.54, 1.807) is 7.11 Å². The summed E-state index contributed by atoms with van der Waals surface area (Å²) in [6.45, 7) is 0. The number of carbonyl (C=O) groups excluding carboxylic acids is 1. The molecule has 0 radical (unpaired) electrons. The number of methoxy groups -OCH3 is 1. The molecule has 7 heteroatoms. The second-order valence-corrected chi connectivity index (χ2v) is 4.55. The van der Waals surface area contributed by atoms with Gasteiger partial charge in [0.1, 0.15) is 17.8 Å². The minimum absolute atomic E-state index is 0.115. The van der Waals surface area contributed by atoms with Crippen molar-refractivity contribution in [2.24, 2.45) is 0 Å². The van der Waals surface area contributed by atoms with Gasteiger partial charge in [0.2, 0.25) is 5.91 Å². The Labute approximate surface area is 127 Å². The van der Waals surface area contributed by atoms with Gasteiger partial charge in [-0.05, 0) is 30.2 Å². The van der Waals surface area contributed by atoms with Crippen LogP contribution in [0.15, 0.2) is 42.6 Å². The standard InChI is InChI=1S/C15H15N3O4/c1-22-13-6-2-11(3-7-13)4-9-15(19)17-14-8-5-12(10-16-14)18(20)21/h2-3,5-8,10H,4,9H2,1H3,(H,16,17,19). The van der Waals surface area contributed by atoms with Crippen molar-refractivity contribution in [1.82, 2.24) is 4.98 Å². The van der Waals surface area contributed by atoms with E-state index in [0.717, 1.165) is 17.5 Å². The number of hydrogen-bond acceptors (Lipinski definition) is 5. The summed E-state index contributed by atoms with van der Waals surface area (Å²) in [5.74, 6) is 0.866. The number of amides is 1. The molecule has 0 bridgehead atoms. The van der Waals surface area contributed by atoms with Crippen LogP contribution in [-0.4, -0.2) is 22.9 Å². The van der Waals surface area contributed by atoms with Crippen LogP contribution in [0.2, 0.25) is 0 Å². The number of ether oxygens (including phenoxy) is 1. The summed E-state index contributed by atoms with van der Waals surface area (Å²) >= 11 is 0. The van der Waals surface area contributed by atoms with Crippen LogP contribution in [-0.2, 0) is 11.2 Å². The molecule has 2 rings (SSSR count). The van der Waals surface area contributed by atoms with Crippen LogP contribution in [0.5, 0.6) is 5.75 Å². The molecular weight excluding hydrogens is 286 g/mol. The van der Waals surface area contributed by atoms with Crippen molar-refractivity contribution in [2.75, 3.05) is 12.4 Å². The van der Waals surface area contributed by atoms with E-state index in [-0.39, 0.29) is 11.6 Å². The quantitative estimate of drug-likeness (QED) is 0.653. The molecule has 0 spiro atoms. The first kappa shape index (κ1) is 15.4. The Kier molecular flexibility index (Phi) is 5.02. The first-order chi connectivity index (χ1) is 10.6. The van der Waals surface area contributed by atoms with Gasteiger partial charge in [-0.15, -0.1) is 0 Å². The number of nitrogens with one attached hydrogen (secondary N) is 1. The van der Waals surface area contributed by atoms with Crippen molar-refractivity contribution in [1.29, 1.82) is 0 Å². The lowest BCUT2D eigenvalue weighted by molar-refractivity contribution is -0.385. The van der Waals surface area contributed by atoms with Gasteiger partial charge in [0.05, 0.1) is 12.0 Å². The molecule has 0 aliphatic carbocycles. The number of aryl methyl sites for hydroxylation is 1. The van der Waals surface area contributed by atoms with Gasteiger partial charge < -0.3 is 10.1 Å². The lowest BCUT2D eigenvalue weighted by Crippen LogP contribution is -2.13. The largest absolute Gasteiger partial charge is 0.497 e. The van der Waals surface area contributed by atoms with Gasteiger partial charge in [0.25, 0.3) is 5.69 Å². The molecule has 0 fully saturated rings. The summed E-state index contributed by atoms with van der Waals surface area (Å²) < 4.78 is 5.06. The van der Waals surface area contributed by atoms with Crippen LogP contribution in [0.1, 0.15) is 12.0 Å². The van der Waals surface area contributed by atoms with E-state index in [4.69, 9.17) is 4.74 Å². The van der Waals surface area contributed by atoms with Crippen LogP contribution in [0, 0.1) is 10.1 Å². The van der Waals surface area contributed by atoms with Gasteiger partial charge in [0, 0.05) is 12.5 Å². The summed E-state index contributed by atoms with van der Waals surface area (Å²) in [7, 11) is 1.60. The van der Waals surface area contributed by atoms with Gasteiger partial charge in [-0.3, -0.25) is 14.9 Å². The van der Waals surface area contributed by atoms with E-state index >= 15 is 0 Å². The fourth-order valence-electron chi connectivity index (χ4n) is 1.82. The number of aromatic nitrogens is 1. The van der Waals surface area contributed by atoms with E-state index in [9.17, 15) is 14.9 Å². The van der Waals surface area contributed by atoms with Gasteiger partial charge in [0.15, 0.2) is 0 Å². The zero-order valence-electron chi connectivity index (χ0n) is 12.0. The highest BCUT2D eigenvalue weighted by Crippen LogP contribution is 2.14. The molecule has 0 aliphatic heterocycles. The Morgan fingerprint density at radius 1 is 1.27 bits per heavy atom. The summed E-state index contributed by atoms with van der Waals surface area (Å²) in [5.41, 5.74) is 0.906. The number of nitrogens with zero attached hydrogens (tertiary/aromatic N) is 2. The predicted molar refractivity (Wildman–Crippen MR) is 80.8 cm³/mol. The zero-order chi connectivity index (χ0) is 15.9. The zero-order valence-corrected chi connectivity index (χ0v) is 12.0. The first-order valence-corrected chi connectivity index (χ1v) is 6.61. The monoisotopic (exact) mass is 301 g/mol. The molecule has 1 amide bonds. The minimum atomic E-state index is -0.539. The van der Waals surface area contributed by atoms with Crippen LogP contribution >= 0.6 is 0 Å². The highest BCUT2D eigenvalue weighted by atomic mass is 16.6. The number of benzene rings is 1. The third kappa shape index (κ3) is 4.27. The Bertz CT molecular complexity index is 653. The summed E-state index contributed by atoms with van der Waals surface area (Å²) in [5, 5.41) is 13.1. The number of rotatable bonds is 6. The molecule has 1 heterocycles. The van der Waals surface area contributed by atoms with E-state index in [1.807, 2.05) is 24.3 Å². The predicted octanol–water partition coefficient (Wildman–Crippen LogP) is 2.57. The smallest absolute Gasteiger partial charge is 0.287 e. The summed E-state index contributed by atoms with van der Waals surface area (Å²) in [4.78, 5) is 25.6. The molecule has 0 atom stereocenters. The number of pyridine rings is 1. The van der Waals surface area contributed by atoms with E-state index in [0.29, 0.717) is 18.7 Å². The Morgan fingerprint density at radius 3 is 2.55 bits per heavy atom. The molecule has 22 heavy (non-hydrogen) atoms. The van der Waals surface area contributed by atoms with E-state index in [1.165, 1.54) is 12.1 Å². The van der Waals surface area contributed by atoms with Crippen molar-refractivity contribution in [3.05, 3.63) is 58.3 Å². The molecular formula is C15H15N3O4. The SMILES string of the molecule is COc1ccc(CCC(=O)Nc2ccc([N+](=O)[O-])cn2)cc1.